The molecule has 0 unspecified atom stereocenters. The number of rotatable bonds is 6. The van der Waals surface area contributed by atoms with Crippen LogP contribution in [0.15, 0.2) is 36.7 Å². The van der Waals surface area contributed by atoms with Crippen molar-refractivity contribution in [2.45, 2.75) is 65.0 Å². The Morgan fingerprint density at radius 3 is 2.47 bits per heavy atom. The first-order valence-corrected chi connectivity index (χ1v) is 12.4. The van der Waals surface area contributed by atoms with Crippen LogP contribution >= 0.6 is 0 Å². The number of hydrogen-bond donors (Lipinski definition) is 2. The van der Waals surface area contributed by atoms with Gasteiger partial charge in [-0.2, -0.15) is 0 Å². The molecule has 1 saturated carbocycles. The Bertz CT molecular complexity index is 1380. The van der Waals surface area contributed by atoms with Crippen molar-refractivity contribution in [3.05, 3.63) is 59.7 Å². The molecular formula is C27H30F2N6O. The summed E-state index contributed by atoms with van der Waals surface area (Å²) in [5, 5.41) is 13.7. The number of aliphatic hydroxyl groups excluding tert-OH is 1. The van der Waals surface area contributed by atoms with Crippen molar-refractivity contribution in [2.75, 3.05) is 5.32 Å². The Balaban J connectivity index is 1.41. The first-order valence-electron chi connectivity index (χ1n) is 12.4. The number of benzene rings is 1. The van der Waals surface area contributed by atoms with Gasteiger partial charge >= 0.3 is 0 Å². The summed E-state index contributed by atoms with van der Waals surface area (Å²) < 4.78 is 31.6. The van der Waals surface area contributed by atoms with E-state index >= 15 is 0 Å². The number of aryl methyl sites for hydroxylation is 1. The first-order chi connectivity index (χ1) is 17.3. The number of anilines is 2. The van der Waals surface area contributed by atoms with Gasteiger partial charge in [-0.1, -0.05) is 25.3 Å². The van der Waals surface area contributed by atoms with Crippen LogP contribution in [0.2, 0.25) is 0 Å². The van der Waals surface area contributed by atoms with Crippen molar-refractivity contribution < 1.29 is 13.9 Å². The topological polar surface area (TPSA) is 88.8 Å². The highest BCUT2D eigenvalue weighted by Gasteiger charge is 2.23. The maximum absolute atomic E-state index is 14.9. The second-order valence-electron chi connectivity index (χ2n) is 9.78. The fourth-order valence-corrected chi connectivity index (χ4v) is 5.18. The molecular weight excluding hydrogens is 462 g/mol. The number of hydrogen-bond acceptors (Lipinski definition) is 6. The molecule has 188 valence electrons. The molecule has 1 atom stereocenters. The lowest BCUT2D eigenvalue weighted by Crippen LogP contribution is -2.16. The van der Waals surface area contributed by atoms with Gasteiger partial charge in [-0.15, -0.1) is 0 Å². The standard InChI is InChI=1S/C27H30F2N6O/c1-15(2)35-16(3)32-25-20(28)11-19(12-22(25)35)24-21(29)14-31-27(34-24)33-23-10-9-18(13-30-23)26(36)17-7-5-4-6-8-17/h9-15,17,26,36H,4-8H2,1-3H3,(H,30,31,33,34)/t26-/m0/s1. The number of imidazole rings is 1. The highest BCUT2D eigenvalue weighted by atomic mass is 19.1. The summed E-state index contributed by atoms with van der Waals surface area (Å²) in [6.07, 6.45) is 7.74. The van der Waals surface area contributed by atoms with Crippen LogP contribution in [0.25, 0.3) is 22.3 Å². The van der Waals surface area contributed by atoms with Crippen LogP contribution in [-0.4, -0.2) is 29.6 Å². The highest BCUT2D eigenvalue weighted by molar-refractivity contribution is 5.83. The van der Waals surface area contributed by atoms with Gasteiger partial charge in [0.1, 0.15) is 22.9 Å². The van der Waals surface area contributed by atoms with Gasteiger partial charge in [-0.25, -0.2) is 28.7 Å². The molecule has 0 radical (unpaired) electrons. The molecule has 9 heteroatoms. The van der Waals surface area contributed by atoms with Crippen molar-refractivity contribution in [3.63, 3.8) is 0 Å². The number of fused-ring (bicyclic) bond motifs is 1. The molecule has 0 bridgehead atoms. The van der Waals surface area contributed by atoms with Crippen molar-refractivity contribution in [1.82, 2.24) is 24.5 Å². The first kappa shape index (κ1) is 24.2. The minimum atomic E-state index is -0.662. The second-order valence-corrected chi connectivity index (χ2v) is 9.78. The third kappa shape index (κ3) is 4.67. The average molecular weight is 493 g/mol. The summed E-state index contributed by atoms with van der Waals surface area (Å²) in [4.78, 5) is 17.1. The minimum absolute atomic E-state index is 0.0215. The molecule has 3 aromatic heterocycles. The van der Waals surface area contributed by atoms with E-state index in [-0.39, 0.29) is 29.1 Å². The molecule has 1 fully saturated rings. The van der Waals surface area contributed by atoms with Crippen molar-refractivity contribution in [3.8, 4) is 11.3 Å². The Morgan fingerprint density at radius 1 is 1.00 bits per heavy atom. The lowest BCUT2D eigenvalue weighted by molar-refractivity contribution is 0.0846. The zero-order chi connectivity index (χ0) is 25.4. The minimum Gasteiger partial charge on any atom is -0.388 e. The Kier molecular flexibility index (Phi) is 6.66. The predicted molar refractivity (Wildman–Crippen MR) is 135 cm³/mol. The lowest BCUT2D eigenvalue weighted by Gasteiger charge is -2.26. The maximum atomic E-state index is 14.9. The van der Waals surface area contributed by atoms with Gasteiger partial charge in [-0.3, -0.25) is 0 Å². The number of halogens is 2. The van der Waals surface area contributed by atoms with Gasteiger partial charge in [-0.05, 0) is 63.3 Å². The van der Waals surface area contributed by atoms with E-state index in [1.165, 1.54) is 12.5 Å². The van der Waals surface area contributed by atoms with E-state index < -0.39 is 17.7 Å². The van der Waals surface area contributed by atoms with Crippen LogP contribution in [0.4, 0.5) is 20.5 Å². The van der Waals surface area contributed by atoms with E-state index in [1.807, 2.05) is 31.4 Å². The monoisotopic (exact) mass is 492 g/mol. The van der Waals surface area contributed by atoms with E-state index in [4.69, 9.17) is 0 Å². The number of aromatic nitrogens is 5. The van der Waals surface area contributed by atoms with Gasteiger partial charge in [0.05, 0.1) is 17.8 Å². The van der Waals surface area contributed by atoms with Crippen molar-refractivity contribution >= 4 is 22.8 Å². The van der Waals surface area contributed by atoms with Gasteiger partial charge in [0.15, 0.2) is 11.6 Å². The molecule has 36 heavy (non-hydrogen) atoms. The van der Waals surface area contributed by atoms with Gasteiger partial charge < -0.3 is 15.0 Å². The van der Waals surface area contributed by atoms with Gasteiger partial charge in [0, 0.05) is 17.8 Å². The molecule has 0 amide bonds. The predicted octanol–water partition coefficient (Wildman–Crippen LogP) is 6.41. The molecule has 0 spiro atoms. The smallest absolute Gasteiger partial charge is 0.229 e. The van der Waals surface area contributed by atoms with Gasteiger partial charge in [0.25, 0.3) is 0 Å². The van der Waals surface area contributed by atoms with Gasteiger partial charge in [0.2, 0.25) is 5.95 Å². The summed E-state index contributed by atoms with van der Waals surface area (Å²) in [7, 11) is 0. The van der Waals surface area contributed by atoms with Crippen LogP contribution in [0.1, 0.15) is 69.5 Å². The normalized spacial score (nSPS) is 15.5. The summed E-state index contributed by atoms with van der Waals surface area (Å²) in [6, 6.07) is 6.57. The molecule has 1 aromatic carbocycles. The second kappa shape index (κ2) is 9.89. The molecule has 4 aromatic rings. The van der Waals surface area contributed by atoms with E-state index in [2.05, 4.69) is 25.3 Å². The van der Waals surface area contributed by atoms with E-state index in [1.54, 1.807) is 18.3 Å². The molecule has 2 N–H and O–H groups in total. The fraction of sp³-hybridized carbons (Fsp3) is 0.407. The third-order valence-corrected chi connectivity index (χ3v) is 6.92. The number of nitrogens with one attached hydrogen (secondary N) is 1. The zero-order valence-corrected chi connectivity index (χ0v) is 20.7. The zero-order valence-electron chi connectivity index (χ0n) is 20.7. The number of pyridine rings is 1. The van der Waals surface area contributed by atoms with Crippen molar-refractivity contribution in [1.29, 1.82) is 0 Å². The summed E-state index contributed by atoms with van der Waals surface area (Å²) >= 11 is 0. The largest absolute Gasteiger partial charge is 0.388 e. The molecule has 1 aliphatic carbocycles. The highest BCUT2D eigenvalue weighted by Crippen LogP contribution is 2.34. The third-order valence-electron chi connectivity index (χ3n) is 6.92. The van der Waals surface area contributed by atoms with Crippen LogP contribution in [0, 0.1) is 24.5 Å². The quantitative estimate of drug-likeness (QED) is 0.323. The Labute approximate surface area is 208 Å². The number of nitrogens with zero attached hydrogens (tertiary/aromatic N) is 5. The Morgan fingerprint density at radius 2 is 1.78 bits per heavy atom. The number of aliphatic hydroxyl groups is 1. The Hall–Kier alpha value is -3.46. The molecule has 5 rings (SSSR count). The van der Waals surface area contributed by atoms with Crippen LogP contribution in [0.3, 0.4) is 0 Å². The lowest BCUT2D eigenvalue weighted by atomic mass is 9.83. The molecule has 3 heterocycles. The van der Waals surface area contributed by atoms with Crippen LogP contribution < -0.4 is 5.32 Å². The maximum Gasteiger partial charge on any atom is 0.229 e. The van der Waals surface area contributed by atoms with Crippen LogP contribution in [-0.2, 0) is 0 Å². The summed E-state index contributed by atoms with van der Waals surface area (Å²) in [5.41, 5.74) is 1.88. The van der Waals surface area contributed by atoms with E-state index in [0.717, 1.165) is 37.4 Å². The molecule has 0 aliphatic heterocycles. The van der Waals surface area contributed by atoms with E-state index in [0.29, 0.717) is 22.7 Å². The average Bonchev–Trinajstić information content (AvgIpc) is 3.22. The molecule has 7 nitrogen and oxygen atoms in total. The summed E-state index contributed by atoms with van der Waals surface area (Å²) in [6.45, 7) is 5.79. The fourth-order valence-electron chi connectivity index (χ4n) is 5.18. The van der Waals surface area contributed by atoms with Crippen molar-refractivity contribution in [2.24, 2.45) is 5.92 Å². The van der Waals surface area contributed by atoms with E-state index in [9.17, 15) is 13.9 Å². The molecule has 0 saturated heterocycles. The molecule has 1 aliphatic rings. The van der Waals surface area contributed by atoms with Crippen LogP contribution in [0.5, 0.6) is 0 Å². The summed E-state index contributed by atoms with van der Waals surface area (Å²) in [5.74, 6) is 0.341. The SMILES string of the molecule is Cc1nc2c(F)cc(-c3nc(Nc4ccc([C@@H](O)C5CCCCC5)cn4)ncc3F)cc2n1C(C)C.